The minimum Gasteiger partial charge on any atom is -0.353 e. The Labute approximate surface area is 196 Å². The van der Waals surface area contributed by atoms with Gasteiger partial charge in [-0.2, -0.15) is 0 Å². The lowest BCUT2D eigenvalue weighted by Gasteiger charge is -2.21. The minimum absolute atomic E-state index is 0.00995. The van der Waals surface area contributed by atoms with Crippen LogP contribution in [0.3, 0.4) is 0 Å². The Morgan fingerprint density at radius 1 is 1.25 bits per heavy atom. The van der Waals surface area contributed by atoms with Gasteiger partial charge in [0.2, 0.25) is 11.8 Å². The standard InChI is InChI=1S/C22H28ClN5O3S/c1-27(2)22(31)17(12-24-19(29)9-6-14-4-7-15(23)8-5-14)25-20(30)21-26-16-10-11-28(3)13-18(16)32-21/h4-5,7-8,17H,6,9-13H2,1-3H3,(H,24,29)(H,25,30). The molecule has 8 nitrogen and oxygen atoms in total. The topological polar surface area (TPSA) is 94.6 Å². The van der Waals surface area contributed by atoms with E-state index in [0.717, 1.165) is 35.6 Å². The van der Waals surface area contributed by atoms with E-state index in [2.05, 4.69) is 20.5 Å². The summed E-state index contributed by atoms with van der Waals surface area (Å²) < 4.78 is 0. The molecule has 1 aliphatic heterocycles. The maximum Gasteiger partial charge on any atom is 0.280 e. The Bertz CT molecular complexity index is 976. The molecule has 10 heteroatoms. The number of hydrogen-bond acceptors (Lipinski definition) is 6. The molecule has 3 amide bonds. The predicted molar refractivity (Wildman–Crippen MR) is 125 cm³/mol. The molecule has 0 aliphatic carbocycles. The van der Waals surface area contributed by atoms with E-state index in [9.17, 15) is 14.4 Å². The maximum absolute atomic E-state index is 12.8. The average Bonchev–Trinajstić information content (AvgIpc) is 3.18. The summed E-state index contributed by atoms with van der Waals surface area (Å²) in [6.45, 7) is 1.68. The van der Waals surface area contributed by atoms with Crippen LogP contribution in [0.2, 0.25) is 5.02 Å². The fourth-order valence-corrected chi connectivity index (χ4v) is 4.58. The fraction of sp³-hybridized carbons (Fsp3) is 0.455. The van der Waals surface area contributed by atoms with E-state index in [0.29, 0.717) is 16.5 Å². The number of nitrogens with zero attached hydrogens (tertiary/aromatic N) is 3. The Balaban J connectivity index is 1.57. The summed E-state index contributed by atoms with van der Waals surface area (Å²) in [5, 5.41) is 6.49. The molecule has 1 atom stereocenters. The van der Waals surface area contributed by atoms with Crippen LogP contribution in [0.15, 0.2) is 24.3 Å². The van der Waals surface area contributed by atoms with Crippen molar-refractivity contribution in [3.63, 3.8) is 0 Å². The van der Waals surface area contributed by atoms with Crippen LogP contribution >= 0.6 is 22.9 Å². The molecule has 1 aromatic carbocycles. The molecular weight excluding hydrogens is 450 g/mol. The number of carbonyl (C=O) groups excluding carboxylic acids is 3. The number of likely N-dealkylation sites (N-methyl/N-ethyl adjacent to an activating group) is 2. The first-order valence-corrected chi connectivity index (χ1v) is 11.6. The van der Waals surface area contributed by atoms with E-state index >= 15 is 0 Å². The summed E-state index contributed by atoms with van der Waals surface area (Å²) in [5.41, 5.74) is 1.95. The summed E-state index contributed by atoms with van der Waals surface area (Å²) in [4.78, 5) is 46.8. The van der Waals surface area contributed by atoms with Crippen LogP contribution in [-0.2, 0) is 29.0 Å². The SMILES string of the molecule is CN1CCc2nc(C(=O)NC(CNC(=O)CCc3ccc(Cl)cc3)C(=O)N(C)C)sc2C1. The first kappa shape index (κ1) is 24.2. The van der Waals surface area contributed by atoms with E-state index in [-0.39, 0.29) is 24.8 Å². The van der Waals surface area contributed by atoms with Gasteiger partial charge in [-0.25, -0.2) is 4.98 Å². The van der Waals surface area contributed by atoms with Crippen LogP contribution in [-0.4, -0.2) is 72.8 Å². The van der Waals surface area contributed by atoms with Crippen molar-refractivity contribution in [2.45, 2.75) is 31.8 Å². The Morgan fingerprint density at radius 2 is 1.97 bits per heavy atom. The number of amides is 3. The van der Waals surface area contributed by atoms with Gasteiger partial charge in [0.05, 0.1) is 5.69 Å². The molecule has 1 aliphatic rings. The van der Waals surface area contributed by atoms with Gasteiger partial charge >= 0.3 is 0 Å². The van der Waals surface area contributed by atoms with Crippen molar-refractivity contribution in [1.29, 1.82) is 0 Å². The monoisotopic (exact) mass is 477 g/mol. The van der Waals surface area contributed by atoms with Crippen LogP contribution in [0.1, 0.15) is 32.4 Å². The first-order chi connectivity index (χ1) is 15.2. The second kappa shape index (κ2) is 10.9. The van der Waals surface area contributed by atoms with E-state index in [4.69, 9.17) is 11.6 Å². The van der Waals surface area contributed by atoms with Crippen molar-refractivity contribution in [2.24, 2.45) is 0 Å². The van der Waals surface area contributed by atoms with Crippen LogP contribution in [0.4, 0.5) is 0 Å². The molecule has 3 rings (SSSR count). The van der Waals surface area contributed by atoms with Gasteiger partial charge in [0, 0.05) is 56.5 Å². The Morgan fingerprint density at radius 3 is 2.66 bits per heavy atom. The number of carbonyl (C=O) groups is 3. The molecule has 0 spiro atoms. The smallest absolute Gasteiger partial charge is 0.280 e. The van der Waals surface area contributed by atoms with Gasteiger partial charge in [-0.15, -0.1) is 11.3 Å². The van der Waals surface area contributed by atoms with E-state index < -0.39 is 11.9 Å². The fourth-order valence-electron chi connectivity index (χ4n) is 3.37. The van der Waals surface area contributed by atoms with Gasteiger partial charge in [0.25, 0.3) is 5.91 Å². The number of hydrogen-bond donors (Lipinski definition) is 2. The van der Waals surface area contributed by atoms with Crippen molar-refractivity contribution in [3.05, 3.63) is 50.4 Å². The Kier molecular flexibility index (Phi) is 8.22. The number of fused-ring (bicyclic) bond motifs is 1. The van der Waals surface area contributed by atoms with Crippen LogP contribution in [0.25, 0.3) is 0 Å². The Hall–Kier alpha value is -2.49. The zero-order valence-corrected chi connectivity index (χ0v) is 20.1. The van der Waals surface area contributed by atoms with Crippen molar-refractivity contribution >= 4 is 40.7 Å². The van der Waals surface area contributed by atoms with Crippen molar-refractivity contribution in [1.82, 2.24) is 25.4 Å². The summed E-state index contributed by atoms with van der Waals surface area (Å²) in [6.07, 6.45) is 1.63. The molecule has 2 aromatic rings. The third-order valence-corrected chi connectivity index (χ3v) is 6.55. The largest absolute Gasteiger partial charge is 0.353 e. The zero-order chi connectivity index (χ0) is 23.3. The summed E-state index contributed by atoms with van der Waals surface area (Å²) in [6, 6.07) is 6.44. The predicted octanol–water partition coefficient (Wildman–Crippen LogP) is 1.72. The van der Waals surface area contributed by atoms with Gasteiger partial charge < -0.3 is 20.4 Å². The molecule has 0 bridgehead atoms. The summed E-state index contributed by atoms with van der Waals surface area (Å²) >= 11 is 7.23. The number of rotatable bonds is 8. The lowest BCUT2D eigenvalue weighted by atomic mass is 10.1. The third-order valence-electron chi connectivity index (χ3n) is 5.22. The molecule has 2 heterocycles. The summed E-state index contributed by atoms with van der Waals surface area (Å²) in [7, 11) is 5.26. The second-order valence-corrected chi connectivity index (χ2v) is 9.59. The second-order valence-electron chi connectivity index (χ2n) is 8.07. The number of aromatic nitrogens is 1. The summed E-state index contributed by atoms with van der Waals surface area (Å²) in [5.74, 6) is -0.890. The van der Waals surface area contributed by atoms with E-state index in [1.54, 1.807) is 26.2 Å². The van der Waals surface area contributed by atoms with Gasteiger partial charge in [-0.3, -0.25) is 14.4 Å². The van der Waals surface area contributed by atoms with Gasteiger partial charge in [-0.1, -0.05) is 23.7 Å². The highest BCUT2D eigenvalue weighted by atomic mass is 35.5. The normalized spacial score (nSPS) is 14.4. The van der Waals surface area contributed by atoms with Crippen molar-refractivity contribution in [2.75, 3.05) is 34.2 Å². The number of halogens is 1. The lowest BCUT2D eigenvalue weighted by Crippen LogP contribution is -2.52. The molecular formula is C22H28ClN5O3S. The quantitative estimate of drug-likeness (QED) is 0.603. The molecule has 0 saturated heterocycles. The van der Waals surface area contributed by atoms with Gasteiger partial charge in [-0.05, 0) is 31.2 Å². The molecule has 0 radical (unpaired) electrons. The van der Waals surface area contributed by atoms with Crippen molar-refractivity contribution < 1.29 is 14.4 Å². The van der Waals surface area contributed by atoms with E-state index in [1.165, 1.54) is 16.2 Å². The average molecular weight is 478 g/mol. The number of thiazole rings is 1. The third kappa shape index (κ3) is 6.51. The molecule has 1 unspecified atom stereocenters. The maximum atomic E-state index is 12.8. The van der Waals surface area contributed by atoms with Crippen LogP contribution in [0, 0.1) is 0 Å². The number of aryl methyl sites for hydroxylation is 1. The number of benzene rings is 1. The molecule has 0 fully saturated rings. The lowest BCUT2D eigenvalue weighted by molar-refractivity contribution is -0.130. The number of nitrogens with one attached hydrogen (secondary N) is 2. The van der Waals surface area contributed by atoms with Gasteiger partial charge in [0.1, 0.15) is 6.04 Å². The highest BCUT2D eigenvalue weighted by molar-refractivity contribution is 7.13. The minimum atomic E-state index is -0.874. The van der Waals surface area contributed by atoms with Crippen LogP contribution in [0.5, 0.6) is 0 Å². The van der Waals surface area contributed by atoms with Crippen molar-refractivity contribution in [3.8, 4) is 0 Å². The van der Waals surface area contributed by atoms with Crippen LogP contribution < -0.4 is 10.6 Å². The van der Waals surface area contributed by atoms with Gasteiger partial charge in [0.15, 0.2) is 5.01 Å². The first-order valence-electron chi connectivity index (χ1n) is 10.4. The highest BCUT2D eigenvalue weighted by Gasteiger charge is 2.27. The molecule has 0 saturated carbocycles. The van der Waals surface area contributed by atoms with E-state index in [1.807, 2.05) is 19.2 Å². The highest BCUT2D eigenvalue weighted by Crippen LogP contribution is 2.24. The molecule has 1 aromatic heterocycles. The molecule has 172 valence electrons. The molecule has 2 N–H and O–H groups in total. The zero-order valence-electron chi connectivity index (χ0n) is 18.5. The molecule has 32 heavy (non-hydrogen) atoms.